The normalized spacial score (nSPS) is 21.5. The van der Waals surface area contributed by atoms with E-state index < -0.39 is 29.7 Å². The fraction of sp³-hybridized carbons (Fsp3) is 0.341. The number of piperidine rings is 1. The zero-order valence-electron chi connectivity index (χ0n) is 29.7. The van der Waals surface area contributed by atoms with Gasteiger partial charge in [0, 0.05) is 49.5 Å². The molecule has 4 aliphatic rings. The molecule has 0 bridgehead atoms. The molecule has 2 N–H and O–H groups in total. The lowest BCUT2D eigenvalue weighted by atomic mass is 9.78. The molecule has 53 heavy (non-hydrogen) atoms. The number of carbonyl (C=O) groups is 4. The summed E-state index contributed by atoms with van der Waals surface area (Å²) in [5.74, 6) is 1.12. The predicted molar refractivity (Wildman–Crippen MR) is 197 cm³/mol. The molecule has 1 aliphatic carbocycles. The fourth-order valence-electron chi connectivity index (χ4n) is 7.37. The van der Waals surface area contributed by atoms with Gasteiger partial charge in [-0.3, -0.25) is 29.4 Å². The minimum atomic E-state index is -0.984. The summed E-state index contributed by atoms with van der Waals surface area (Å²) in [5, 5.41) is 5.67. The van der Waals surface area contributed by atoms with Gasteiger partial charge >= 0.3 is 0 Å². The fourth-order valence-corrected chi connectivity index (χ4v) is 7.37. The second-order valence-electron chi connectivity index (χ2n) is 14.5. The predicted octanol–water partition coefficient (Wildman–Crippen LogP) is 5.46. The van der Waals surface area contributed by atoms with Crippen LogP contribution in [-0.4, -0.2) is 78.0 Å². The Hall–Kier alpha value is -5.75. The summed E-state index contributed by atoms with van der Waals surface area (Å²) in [6.45, 7) is 7.51. The van der Waals surface area contributed by atoms with Crippen LogP contribution in [0, 0.1) is 0 Å². The summed E-state index contributed by atoms with van der Waals surface area (Å²) in [6.07, 6.45) is 3.57. The van der Waals surface area contributed by atoms with Gasteiger partial charge in [0.05, 0.1) is 30.5 Å². The van der Waals surface area contributed by atoms with Crippen molar-refractivity contribution in [2.75, 3.05) is 36.5 Å². The SMILES string of the molecule is CC(C)(c1ccc(Oc2ccc(N3CCOCC3)nc2)cc1)c1ccc(OC2CC(Nc3ccc4c(c3)C(=O)N(C3CCC(=O)NC3=O)C4=O)C2)cc1. The Bertz CT molecular complexity index is 2040. The molecule has 3 fully saturated rings. The van der Waals surface area contributed by atoms with E-state index in [9.17, 15) is 19.2 Å². The van der Waals surface area contributed by atoms with Crippen molar-refractivity contribution >= 4 is 35.1 Å². The maximum Gasteiger partial charge on any atom is 0.262 e. The first-order valence-corrected chi connectivity index (χ1v) is 18.1. The number of hydrogen-bond donors (Lipinski definition) is 2. The Morgan fingerprint density at radius 2 is 1.47 bits per heavy atom. The number of rotatable bonds is 10. The van der Waals surface area contributed by atoms with Gasteiger partial charge < -0.3 is 24.4 Å². The van der Waals surface area contributed by atoms with Crippen LogP contribution in [0.1, 0.15) is 71.4 Å². The zero-order chi connectivity index (χ0) is 36.7. The lowest BCUT2D eigenvalue weighted by Gasteiger charge is -2.36. The van der Waals surface area contributed by atoms with Crippen LogP contribution in [0.25, 0.3) is 0 Å². The van der Waals surface area contributed by atoms with Gasteiger partial charge in [0.25, 0.3) is 11.8 Å². The topological polar surface area (TPSA) is 139 Å². The average Bonchev–Trinajstić information content (AvgIpc) is 3.40. The zero-order valence-corrected chi connectivity index (χ0v) is 29.7. The second kappa shape index (κ2) is 14.0. The van der Waals surface area contributed by atoms with Gasteiger partial charge in [-0.1, -0.05) is 38.1 Å². The molecular formula is C41H41N5O7. The Kier molecular flexibility index (Phi) is 9.07. The van der Waals surface area contributed by atoms with E-state index in [4.69, 9.17) is 14.2 Å². The maximum absolute atomic E-state index is 13.2. The number of imide groups is 2. The summed E-state index contributed by atoms with van der Waals surface area (Å²) in [7, 11) is 0. The Balaban J connectivity index is 0.823. The lowest BCUT2D eigenvalue weighted by Crippen LogP contribution is -2.54. The van der Waals surface area contributed by atoms with Crippen molar-refractivity contribution in [3.63, 3.8) is 0 Å². The summed E-state index contributed by atoms with van der Waals surface area (Å²) in [5.41, 5.74) is 3.32. The third-order valence-electron chi connectivity index (χ3n) is 10.7. The van der Waals surface area contributed by atoms with Gasteiger partial charge in [0.2, 0.25) is 11.8 Å². The number of ether oxygens (including phenoxy) is 3. The minimum Gasteiger partial charge on any atom is -0.490 e. The molecule has 0 radical (unpaired) electrons. The molecule has 4 aromatic rings. The van der Waals surface area contributed by atoms with Gasteiger partial charge in [0.1, 0.15) is 35.2 Å². The number of morpholine rings is 1. The van der Waals surface area contributed by atoms with Crippen LogP contribution >= 0.6 is 0 Å². The van der Waals surface area contributed by atoms with E-state index in [1.54, 1.807) is 24.4 Å². The Morgan fingerprint density at radius 3 is 2.13 bits per heavy atom. The van der Waals surface area contributed by atoms with Crippen LogP contribution in [0.4, 0.5) is 11.5 Å². The highest BCUT2D eigenvalue weighted by atomic mass is 16.5. The highest BCUT2D eigenvalue weighted by molar-refractivity contribution is 6.23. The van der Waals surface area contributed by atoms with E-state index >= 15 is 0 Å². The molecule has 1 saturated carbocycles. The van der Waals surface area contributed by atoms with Crippen LogP contribution < -0.4 is 25.0 Å². The number of hydrogen-bond acceptors (Lipinski definition) is 10. The summed E-state index contributed by atoms with van der Waals surface area (Å²) < 4.78 is 17.8. The van der Waals surface area contributed by atoms with E-state index in [0.29, 0.717) is 5.75 Å². The van der Waals surface area contributed by atoms with Crippen molar-refractivity contribution in [3.8, 4) is 17.2 Å². The summed E-state index contributed by atoms with van der Waals surface area (Å²) >= 11 is 0. The average molecular weight is 716 g/mol. The molecular weight excluding hydrogens is 674 g/mol. The molecule has 4 heterocycles. The number of anilines is 2. The first-order valence-electron chi connectivity index (χ1n) is 18.1. The van der Waals surface area contributed by atoms with Gasteiger partial charge in [-0.2, -0.15) is 0 Å². The molecule has 3 aromatic carbocycles. The number of amides is 4. The number of fused-ring (bicyclic) bond motifs is 1. The lowest BCUT2D eigenvalue weighted by molar-refractivity contribution is -0.136. The van der Waals surface area contributed by atoms with E-state index in [0.717, 1.165) is 78.2 Å². The molecule has 3 aliphatic heterocycles. The first kappa shape index (κ1) is 34.3. The number of carbonyl (C=O) groups excluding carboxylic acids is 4. The molecule has 2 saturated heterocycles. The molecule has 8 rings (SSSR count). The highest BCUT2D eigenvalue weighted by Gasteiger charge is 2.45. The van der Waals surface area contributed by atoms with Crippen LogP contribution in [0.3, 0.4) is 0 Å². The quantitative estimate of drug-likeness (QED) is 0.204. The van der Waals surface area contributed by atoms with Crippen LogP contribution in [-0.2, 0) is 19.7 Å². The van der Waals surface area contributed by atoms with Crippen LogP contribution in [0.2, 0.25) is 0 Å². The van der Waals surface area contributed by atoms with Crippen LogP contribution in [0.5, 0.6) is 17.2 Å². The third-order valence-corrected chi connectivity index (χ3v) is 10.7. The van der Waals surface area contributed by atoms with Gasteiger partial charge in [-0.25, -0.2) is 4.98 Å². The van der Waals surface area contributed by atoms with E-state index in [1.165, 1.54) is 0 Å². The standard InChI is InChI=1S/C41H41N5O7/c1-41(2,25-3-8-29(9-4-25)52-31-12-15-36(42-24-31)45-17-19-51-20-18-45)26-5-10-30(11-6-26)53-32-21-28(22-32)43-27-7-13-33-34(23-27)40(50)46(39(33)49)35-14-16-37(47)44-38(35)48/h3-13,15,23-24,28,32,35,43H,14,16-22H2,1-2H3,(H,44,47,48). The Labute approximate surface area is 307 Å². The smallest absolute Gasteiger partial charge is 0.262 e. The highest BCUT2D eigenvalue weighted by Crippen LogP contribution is 2.36. The minimum absolute atomic E-state index is 0.0466. The monoisotopic (exact) mass is 715 g/mol. The number of nitrogens with one attached hydrogen (secondary N) is 2. The summed E-state index contributed by atoms with van der Waals surface area (Å²) in [4.78, 5) is 57.9. The Morgan fingerprint density at radius 1 is 0.811 bits per heavy atom. The molecule has 272 valence electrons. The number of nitrogens with zero attached hydrogens (tertiary/aromatic N) is 3. The molecule has 0 spiro atoms. The van der Waals surface area contributed by atoms with Gasteiger partial charge in [0.15, 0.2) is 0 Å². The van der Waals surface area contributed by atoms with Crippen molar-refractivity contribution in [1.82, 2.24) is 15.2 Å². The van der Waals surface area contributed by atoms with Gasteiger partial charge in [-0.05, 0) is 72.1 Å². The first-order chi connectivity index (χ1) is 25.6. The van der Waals surface area contributed by atoms with E-state index in [2.05, 4.69) is 58.6 Å². The molecule has 4 amide bonds. The van der Waals surface area contributed by atoms with Crippen molar-refractivity contribution in [1.29, 1.82) is 0 Å². The maximum atomic E-state index is 13.2. The van der Waals surface area contributed by atoms with Crippen molar-refractivity contribution in [2.24, 2.45) is 0 Å². The third kappa shape index (κ3) is 6.94. The molecule has 1 aromatic heterocycles. The molecule has 12 nitrogen and oxygen atoms in total. The summed E-state index contributed by atoms with van der Waals surface area (Å²) in [6, 6.07) is 24.6. The molecule has 1 atom stereocenters. The van der Waals surface area contributed by atoms with Crippen molar-refractivity contribution < 1.29 is 33.4 Å². The van der Waals surface area contributed by atoms with E-state index in [-0.39, 0.29) is 41.5 Å². The largest absolute Gasteiger partial charge is 0.490 e. The van der Waals surface area contributed by atoms with E-state index in [1.807, 2.05) is 36.4 Å². The van der Waals surface area contributed by atoms with Crippen LogP contribution in [0.15, 0.2) is 85.1 Å². The number of benzene rings is 3. The van der Waals surface area contributed by atoms with Gasteiger partial charge in [-0.15, -0.1) is 0 Å². The molecule has 12 heteroatoms. The van der Waals surface area contributed by atoms with Crippen molar-refractivity contribution in [3.05, 3.63) is 107 Å². The number of pyridine rings is 1. The molecule has 1 unspecified atom stereocenters. The number of aromatic nitrogens is 1. The van der Waals surface area contributed by atoms with Crippen molar-refractivity contribution in [2.45, 2.75) is 63.1 Å². The second-order valence-corrected chi connectivity index (χ2v) is 14.5.